The van der Waals surface area contributed by atoms with Crippen LogP contribution in [-0.2, 0) is 23.7 Å². The Morgan fingerprint density at radius 3 is 2.60 bits per heavy atom. The zero-order valence-electron chi connectivity index (χ0n) is 19.6. The molecule has 30 heavy (non-hydrogen) atoms. The van der Waals surface area contributed by atoms with Crippen molar-refractivity contribution in [3.63, 3.8) is 0 Å². The van der Waals surface area contributed by atoms with Crippen LogP contribution in [-0.4, -0.2) is 39.7 Å². The molecule has 1 aliphatic carbocycles. The first kappa shape index (κ1) is 25.3. The molecule has 5 atom stereocenters. The van der Waals surface area contributed by atoms with Crippen LogP contribution in [0.3, 0.4) is 0 Å². The first-order valence-electron chi connectivity index (χ1n) is 11.7. The SMILES string of the molecule is CCCCCC(C=CC1C2CC(OO2)C1CC=CCCCC(=O)OC)O[Si](C)(C)C. The molecule has 0 aromatic carbocycles. The maximum Gasteiger partial charge on any atom is 0.305 e. The number of carbonyl (C=O) groups is 1. The fourth-order valence-corrected chi connectivity index (χ4v) is 5.46. The van der Waals surface area contributed by atoms with Crippen LogP contribution < -0.4 is 0 Å². The van der Waals surface area contributed by atoms with E-state index in [2.05, 4.69) is 55.6 Å². The largest absolute Gasteiger partial charge is 0.469 e. The van der Waals surface area contributed by atoms with Crippen LogP contribution in [0.1, 0.15) is 64.7 Å². The molecule has 0 N–H and O–H groups in total. The van der Waals surface area contributed by atoms with Crippen molar-refractivity contribution in [2.24, 2.45) is 11.8 Å². The maximum absolute atomic E-state index is 11.2. The summed E-state index contributed by atoms with van der Waals surface area (Å²) < 4.78 is 11.1. The van der Waals surface area contributed by atoms with Crippen LogP contribution in [0.4, 0.5) is 0 Å². The summed E-state index contributed by atoms with van der Waals surface area (Å²) in [7, 11) is -0.150. The molecule has 2 fully saturated rings. The molecular formula is C24H42O5Si. The van der Waals surface area contributed by atoms with Gasteiger partial charge in [-0.15, -0.1) is 0 Å². The van der Waals surface area contributed by atoms with Crippen molar-refractivity contribution >= 4 is 14.3 Å². The second-order valence-electron chi connectivity index (χ2n) is 9.57. The van der Waals surface area contributed by atoms with Gasteiger partial charge >= 0.3 is 5.97 Å². The van der Waals surface area contributed by atoms with E-state index in [0.29, 0.717) is 18.3 Å². The zero-order valence-corrected chi connectivity index (χ0v) is 20.6. The molecule has 0 aromatic heterocycles. The minimum absolute atomic E-state index is 0.138. The summed E-state index contributed by atoms with van der Waals surface area (Å²) in [5, 5.41) is 0. The normalized spacial score (nSPS) is 27.4. The Bertz CT molecular complexity index is 568. The Kier molecular flexibility index (Phi) is 10.8. The Hall–Kier alpha value is -0.953. The summed E-state index contributed by atoms with van der Waals surface area (Å²) in [6.07, 6.45) is 18.6. The van der Waals surface area contributed by atoms with Gasteiger partial charge in [-0.1, -0.05) is 50.5 Å². The third-order valence-corrected chi connectivity index (χ3v) is 6.88. The van der Waals surface area contributed by atoms with E-state index < -0.39 is 8.32 Å². The number of ether oxygens (including phenoxy) is 1. The molecule has 0 radical (unpaired) electrons. The van der Waals surface area contributed by atoms with E-state index in [4.69, 9.17) is 14.2 Å². The van der Waals surface area contributed by atoms with E-state index in [-0.39, 0.29) is 24.3 Å². The molecule has 1 saturated carbocycles. The molecule has 0 spiro atoms. The summed E-state index contributed by atoms with van der Waals surface area (Å²) in [4.78, 5) is 22.3. The zero-order chi connectivity index (χ0) is 22.0. The fourth-order valence-electron chi connectivity index (χ4n) is 4.35. The van der Waals surface area contributed by atoms with Crippen molar-refractivity contribution in [2.45, 2.75) is 103 Å². The molecule has 6 heteroatoms. The van der Waals surface area contributed by atoms with Gasteiger partial charge in [0.2, 0.25) is 0 Å². The Morgan fingerprint density at radius 2 is 1.90 bits per heavy atom. The number of esters is 1. The number of fused-ring (bicyclic) bond motifs is 2. The number of allylic oxidation sites excluding steroid dienone is 2. The Labute approximate surface area is 184 Å². The predicted octanol–water partition coefficient (Wildman–Crippen LogP) is 5.97. The van der Waals surface area contributed by atoms with E-state index in [1.807, 2.05) is 0 Å². The van der Waals surface area contributed by atoms with Gasteiger partial charge in [-0.2, -0.15) is 0 Å². The van der Waals surface area contributed by atoms with Gasteiger partial charge in [0.25, 0.3) is 0 Å². The molecule has 172 valence electrons. The smallest absolute Gasteiger partial charge is 0.305 e. The van der Waals surface area contributed by atoms with Gasteiger partial charge in [-0.3, -0.25) is 4.79 Å². The lowest BCUT2D eigenvalue weighted by molar-refractivity contribution is -0.336. The summed E-state index contributed by atoms with van der Waals surface area (Å²) in [5.41, 5.74) is 0. The third-order valence-electron chi connectivity index (χ3n) is 5.87. The summed E-state index contributed by atoms with van der Waals surface area (Å²) in [6, 6.07) is 0. The van der Waals surface area contributed by atoms with Crippen LogP contribution in [0.15, 0.2) is 24.3 Å². The Morgan fingerprint density at radius 1 is 1.13 bits per heavy atom. The standard InChI is InChI=1S/C24H42O5Si/c1-6-7-10-13-19(29-30(3,4)5)16-17-21-20(22-18-23(21)28-27-22)14-11-8-9-12-15-24(25)26-2/h8,11,16-17,19-23H,6-7,9-10,12-15,18H2,1-5H3. The number of hydrogen-bond donors (Lipinski definition) is 0. The maximum atomic E-state index is 11.2. The van der Waals surface area contributed by atoms with Crippen molar-refractivity contribution in [1.82, 2.24) is 0 Å². The van der Waals surface area contributed by atoms with Gasteiger partial charge in [0.15, 0.2) is 8.32 Å². The number of unbranched alkanes of at least 4 members (excludes halogenated alkanes) is 3. The summed E-state index contributed by atoms with van der Waals surface area (Å²) in [6.45, 7) is 9.02. The predicted molar refractivity (Wildman–Crippen MR) is 122 cm³/mol. The lowest BCUT2D eigenvalue weighted by atomic mass is 9.89. The minimum atomic E-state index is -1.59. The summed E-state index contributed by atoms with van der Waals surface area (Å²) in [5.74, 6) is 0.684. The van der Waals surface area contributed by atoms with E-state index in [9.17, 15) is 4.79 Å². The van der Waals surface area contributed by atoms with Gasteiger partial charge in [-0.25, -0.2) is 9.78 Å². The van der Waals surface area contributed by atoms with Crippen LogP contribution in [0, 0.1) is 11.8 Å². The molecular weight excluding hydrogens is 396 g/mol. The highest BCUT2D eigenvalue weighted by molar-refractivity contribution is 6.69. The fraction of sp³-hybridized carbons (Fsp3) is 0.792. The number of rotatable bonds is 14. The highest BCUT2D eigenvalue weighted by atomic mass is 28.4. The van der Waals surface area contributed by atoms with Crippen LogP contribution in [0.5, 0.6) is 0 Å². The second-order valence-corrected chi connectivity index (χ2v) is 14.0. The van der Waals surface area contributed by atoms with E-state index >= 15 is 0 Å². The molecule has 0 aromatic rings. The molecule has 2 rings (SSSR count). The molecule has 5 nitrogen and oxygen atoms in total. The molecule has 0 amide bonds. The Balaban J connectivity index is 1.89. The minimum Gasteiger partial charge on any atom is -0.469 e. The van der Waals surface area contributed by atoms with Crippen molar-refractivity contribution in [2.75, 3.05) is 7.11 Å². The summed E-state index contributed by atoms with van der Waals surface area (Å²) >= 11 is 0. The molecule has 1 saturated heterocycles. The van der Waals surface area contributed by atoms with Crippen molar-refractivity contribution in [3.8, 4) is 0 Å². The topological polar surface area (TPSA) is 54.0 Å². The van der Waals surface area contributed by atoms with Gasteiger partial charge < -0.3 is 9.16 Å². The lowest BCUT2D eigenvalue weighted by Gasteiger charge is -2.28. The lowest BCUT2D eigenvalue weighted by Crippen LogP contribution is -2.32. The monoisotopic (exact) mass is 438 g/mol. The van der Waals surface area contributed by atoms with Crippen LogP contribution in [0.25, 0.3) is 0 Å². The highest BCUT2D eigenvalue weighted by Crippen LogP contribution is 2.45. The van der Waals surface area contributed by atoms with E-state index in [1.165, 1.54) is 26.4 Å². The molecule has 5 unspecified atom stereocenters. The van der Waals surface area contributed by atoms with Crippen LogP contribution >= 0.6 is 0 Å². The van der Waals surface area contributed by atoms with Crippen molar-refractivity contribution < 1.29 is 23.7 Å². The molecule has 1 aliphatic heterocycles. The molecule has 1 heterocycles. The van der Waals surface area contributed by atoms with E-state index in [1.54, 1.807) is 0 Å². The van der Waals surface area contributed by atoms with Gasteiger partial charge in [-0.05, 0) is 45.3 Å². The van der Waals surface area contributed by atoms with Crippen molar-refractivity contribution in [1.29, 1.82) is 0 Å². The number of methoxy groups -OCH3 is 1. The third kappa shape index (κ3) is 8.65. The first-order valence-corrected chi connectivity index (χ1v) is 15.1. The van der Waals surface area contributed by atoms with Gasteiger partial charge in [0, 0.05) is 24.7 Å². The van der Waals surface area contributed by atoms with Gasteiger partial charge in [0.05, 0.1) is 19.3 Å². The average Bonchev–Trinajstić information content (AvgIpc) is 3.29. The van der Waals surface area contributed by atoms with Crippen molar-refractivity contribution in [3.05, 3.63) is 24.3 Å². The highest BCUT2D eigenvalue weighted by Gasteiger charge is 2.49. The molecule has 2 bridgehead atoms. The van der Waals surface area contributed by atoms with Crippen LogP contribution in [0.2, 0.25) is 19.6 Å². The van der Waals surface area contributed by atoms with Gasteiger partial charge in [0.1, 0.15) is 6.10 Å². The number of hydrogen-bond acceptors (Lipinski definition) is 5. The average molecular weight is 439 g/mol. The second kappa shape index (κ2) is 12.8. The number of carbonyl (C=O) groups excluding carboxylic acids is 1. The quantitative estimate of drug-likeness (QED) is 0.110. The molecule has 2 aliphatic rings. The first-order chi connectivity index (χ1) is 14.3. The van der Waals surface area contributed by atoms with E-state index in [0.717, 1.165) is 32.1 Å².